The van der Waals surface area contributed by atoms with Crippen LogP contribution in [0.15, 0.2) is 108 Å². The Morgan fingerprint density at radius 3 is 2.16 bits per heavy atom. The van der Waals surface area contributed by atoms with Gasteiger partial charge in [-0.1, -0.05) is 54.6 Å². The van der Waals surface area contributed by atoms with Gasteiger partial charge in [-0.15, -0.1) is 0 Å². The first-order valence-electron chi connectivity index (χ1n) is 26.4. The first-order chi connectivity index (χ1) is 38.7. The second-order valence-corrected chi connectivity index (χ2v) is 21.4. The number of amides is 6. The molecule has 22 nitrogen and oxygen atoms in total. The SMILES string of the molecule is C=C1CCC(N2C(=O)c3cccc(OCC(=O)NCCOCCOCCOCCOCCNC(=O)c4ccc(OS(=O)(=Nc5ccc(C(=O)N6CCO[C@@H](c7ccccc7)C6)c(Cl)c5)N5CC[C@H](N(C)C)C5)cc4)c3C2=O)C(=O)N1. The molecule has 6 amide bonds. The number of allylic oxidation sites excluding steroid dienone is 1. The van der Waals surface area contributed by atoms with Crippen LogP contribution < -0.4 is 24.9 Å². The lowest BCUT2D eigenvalue weighted by Gasteiger charge is -2.33. The molecular weight excluding hydrogens is 1080 g/mol. The molecule has 428 valence electrons. The van der Waals surface area contributed by atoms with Crippen molar-refractivity contribution < 1.29 is 65.6 Å². The number of likely N-dealkylation sites (N-methyl/N-ethyl adjacent to an activating group) is 1. The molecule has 0 aliphatic carbocycles. The highest BCUT2D eigenvalue weighted by Crippen LogP contribution is 2.35. The maximum absolute atomic E-state index is 14.8. The third kappa shape index (κ3) is 15.6. The zero-order chi connectivity index (χ0) is 56.6. The normalized spacial score (nSPS) is 19.1. The van der Waals surface area contributed by atoms with E-state index >= 15 is 0 Å². The number of hydrogen-bond donors (Lipinski definition) is 3. The van der Waals surface area contributed by atoms with Crippen molar-refractivity contribution in [3.63, 3.8) is 0 Å². The molecular formula is C56H67ClN8O14S. The number of benzene rings is 4. The predicted octanol–water partition coefficient (Wildman–Crippen LogP) is 4.58. The molecule has 3 saturated heterocycles. The largest absolute Gasteiger partial charge is 0.483 e. The van der Waals surface area contributed by atoms with Crippen molar-refractivity contribution in [2.24, 2.45) is 4.36 Å². The number of hydrogen-bond acceptors (Lipinski definition) is 16. The minimum atomic E-state index is -3.55. The fourth-order valence-corrected chi connectivity index (χ4v) is 11.2. The van der Waals surface area contributed by atoms with Crippen molar-refractivity contribution in [3.8, 4) is 11.5 Å². The van der Waals surface area contributed by atoms with Crippen molar-refractivity contribution in [2.45, 2.75) is 37.5 Å². The Morgan fingerprint density at radius 1 is 0.812 bits per heavy atom. The Hall–Kier alpha value is -6.80. The molecule has 8 rings (SSSR count). The number of nitrogens with zero attached hydrogens (tertiary/aromatic N) is 5. The van der Waals surface area contributed by atoms with Crippen molar-refractivity contribution in [1.29, 1.82) is 0 Å². The summed E-state index contributed by atoms with van der Waals surface area (Å²) in [7, 11) is 0.384. The summed E-state index contributed by atoms with van der Waals surface area (Å²) in [4.78, 5) is 82.7. The average Bonchev–Trinajstić information content (AvgIpc) is 4.08. The maximum atomic E-state index is 14.8. The van der Waals surface area contributed by atoms with Crippen molar-refractivity contribution >= 4 is 62.9 Å². The van der Waals surface area contributed by atoms with Crippen molar-refractivity contribution in [2.75, 3.05) is 119 Å². The van der Waals surface area contributed by atoms with Gasteiger partial charge in [-0.05, 0) is 93.5 Å². The predicted molar refractivity (Wildman–Crippen MR) is 295 cm³/mol. The summed E-state index contributed by atoms with van der Waals surface area (Å²) in [6, 6.07) is 24.4. The van der Waals surface area contributed by atoms with Crippen LogP contribution in [-0.4, -0.2) is 190 Å². The Balaban J connectivity index is 0.678. The van der Waals surface area contributed by atoms with Gasteiger partial charge in [-0.3, -0.25) is 33.7 Å². The zero-order valence-corrected chi connectivity index (χ0v) is 46.3. The summed E-state index contributed by atoms with van der Waals surface area (Å²) < 4.78 is 61.1. The molecule has 4 heterocycles. The first kappa shape index (κ1) is 59.3. The molecule has 80 heavy (non-hydrogen) atoms. The highest BCUT2D eigenvalue weighted by molar-refractivity contribution is 7.87. The van der Waals surface area contributed by atoms with Crippen LogP contribution in [-0.2, 0) is 43.5 Å². The highest BCUT2D eigenvalue weighted by atomic mass is 35.5. The van der Waals surface area contributed by atoms with E-state index in [1.807, 2.05) is 44.4 Å². The van der Waals surface area contributed by atoms with Gasteiger partial charge in [-0.2, -0.15) is 12.9 Å². The molecule has 24 heteroatoms. The van der Waals surface area contributed by atoms with Gasteiger partial charge < -0.3 is 58.4 Å². The first-order valence-corrected chi connectivity index (χ1v) is 28.2. The van der Waals surface area contributed by atoms with Gasteiger partial charge in [0.05, 0.1) is 93.4 Å². The third-order valence-corrected chi connectivity index (χ3v) is 15.7. The van der Waals surface area contributed by atoms with Crippen LogP contribution in [0.3, 0.4) is 0 Å². The topological polar surface area (TPSA) is 246 Å². The Kier molecular flexibility index (Phi) is 21.2. The molecule has 0 spiro atoms. The number of nitrogens with one attached hydrogen (secondary N) is 3. The van der Waals surface area contributed by atoms with Gasteiger partial charge in [0.2, 0.25) is 5.91 Å². The van der Waals surface area contributed by atoms with Gasteiger partial charge in [-0.25, -0.2) is 0 Å². The van der Waals surface area contributed by atoms with Crippen LogP contribution in [0.2, 0.25) is 5.02 Å². The number of piperidine rings is 1. The summed E-state index contributed by atoms with van der Waals surface area (Å²) in [5.41, 5.74) is 2.57. The smallest absolute Gasteiger partial charge is 0.283 e. The minimum absolute atomic E-state index is 0.0143. The number of fused-ring (bicyclic) bond motifs is 1. The molecule has 3 N–H and O–H groups in total. The van der Waals surface area contributed by atoms with Gasteiger partial charge in [0.25, 0.3) is 39.7 Å². The molecule has 3 fully saturated rings. The molecule has 0 radical (unpaired) electrons. The molecule has 0 bridgehead atoms. The molecule has 0 saturated carbocycles. The lowest BCUT2D eigenvalue weighted by molar-refractivity contribution is -0.125. The Labute approximate surface area is 470 Å². The zero-order valence-electron chi connectivity index (χ0n) is 44.8. The van der Waals surface area contributed by atoms with E-state index in [-0.39, 0.29) is 96.6 Å². The van der Waals surface area contributed by atoms with Crippen LogP contribution >= 0.6 is 11.6 Å². The van der Waals surface area contributed by atoms with E-state index in [1.54, 1.807) is 51.7 Å². The molecule has 4 aromatic rings. The monoisotopic (exact) mass is 1140 g/mol. The lowest BCUT2D eigenvalue weighted by atomic mass is 10.0. The van der Waals surface area contributed by atoms with E-state index in [0.717, 1.165) is 16.9 Å². The summed E-state index contributed by atoms with van der Waals surface area (Å²) in [6.07, 6.45) is 1.20. The van der Waals surface area contributed by atoms with Gasteiger partial charge in [0.1, 0.15) is 23.6 Å². The number of carbonyl (C=O) groups excluding carboxylic acids is 6. The second kappa shape index (κ2) is 28.6. The van der Waals surface area contributed by atoms with Gasteiger partial charge >= 0.3 is 0 Å². The Morgan fingerprint density at radius 2 is 1.50 bits per heavy atom. The van der Waals surface area contributed by atoms with Gasteiger partial charge in [0, 0.05) is 50.0 Å². The number of imide groups is 1. The van der Waals surface area contributed by atoms with Crippen molar-refractivity contribution in [3.05, 3.63) is 136 Å². The van der Waals surface area contributed by atoms with E-state index in [0.29, 0.717) is 89.1 Å². The molecule has 4 atom stereocenters. The molecule has 4 aliphatic heterocycles. The summed E-state index contributed by atoms with van der Waals surface area (Å²) in [6.45, 7) is 8.21. The average molecular weight is 1140 g/mol. The van der Waals surface area contributed by atoms with E-state index in [2.05, 4.69) is 31.8 Å². The van der Waals surface area contributed by atoms with E-state index in [1.165, 1.54) is 18.2 Å². The quantitative estimate of drug-likeness (QED) is 0.0547. The van der Waals surface area contributed by atoms with Crippen LogP contribution in [0.4, 0.5) is 5.69 Å². The molecule has 2 unspecified atom stereocenters. The Bertz CT molecular complexity index is 3000. The highest BCUT2D eigenvalue weighted by Gasteiger charge is 2.45. The van der Waals surface area contributed by atoms with Crippen LogP contribution in [0.25, 0.3) is 0 Å². The van der Waals surface area contributed by atoms with Crippen LogP contribution in [0.5, 0.6) is 11.5 Å². The van der Waals surface area contributed by atoms with E-state index in [9.17, 15) is 33.0 Å². The number of halogens is 1. The van der Waals surface area contributed by atoms with E-state index < -0.39 is 46.5 Å². The number of rotatable bonds is 27. The van der Waals surface area contributed by atoms with Crippen LogP contribution in [0.1, 0.15) is 72.4 Å². The number of ether oxygens (including phenoxy) is 6. The standard InChI is InChI=1S/C56H67ClN8O14S/c1-38-12-19-47(53(68)60-38)65-55(70)45-10-7-11-48(51(45)56(65)71)78-37-50(66)58-21-25-73-28-30-75-32-33-76-31-29-74-26-22-59-52(67)40-13-16-43(17-14-40)79-80(72,64-23-20-42(35-64)62(2)3)61-41-15-18-44(46(57)34-41)54(69)63-24-27-77-49(36-63)39-8-5-4-6-9-39/h4-11,13-18,34,42,47,49H,1,12,19-33,35-37H2,2-3H3,(H,58,66)(H,59,67)(H,60,68)/t42-,47?,49+,80?/m0/s1. The summed E-state index contributed by atoms with van der Waals surface area (Å²) in [5.74, 6) is -2.43. The van der Waals surface area contributed by atoms with E-state index in [4.69, 9.17) is 44.2 Å². The second-order valence-electron chi connectivity index (χ2n) is 19.3. The lowest BCUT2D eigenvalue weighted by Crippen LogP contribution is -2.51. The fraction of sp³-hybridized carbons (Fsp3) is 0.429. The van der Waals surface area contributed by atoms with Gasteiger partial charge in [0.15, 0.2) is 6.61 Å². The maximum Gasteiger partial charge on any atom is 0.283 e. The van der Waals surface area contributed by atoms with Crippen LogP contribution in [0, 0.1) is 0 Å². The number of carbonyl (C=O) groups is 6. The third-order valence-electron chi connectivity index (χ3n) is 13.6. The summed E-state index contributed by atoms with van der Waals surface area (Å²) >= 11 is 6.74. The molecule has 4 aliphatic rings. The number of morpholine rings is 1. The minimum Gasteiger partial charge on any atom is -0.483 e. The summed E-state index contributed by atoms with van der Waals surface area (Å²) in [5, 5.41) is 8.25. The fourth-order valence-electron chi connectivity index (χ4n) is 9.24. The molecule has 0 aromatic heterocycles. The van der Waals surface area contributed by atoms with Crippen molar-refractivity contribution in [1.82, 2.24) is 35.0 Å². The molecule has 4 aromatic carbocycles.